The van der Waals surface area contributed by atoms with Crippen LogP contribution in [0.2, 0.25) is 0 Å². The predicted molar refractivity (Wildman–Crippen MR) is 61.3 cm³/mol. The summed E-state index contributed by atoms with van der Waals surface area (Å²) in [6.07, 6.45) is 0.762. The number of hydrogen-bond acceptors (Lipinski definition) is 3. The Labute approximate surface area is 92.6 Å². The average molecular weight is 259 g/mol. The molecule has 0 aliphatic carbocycles. The zero-order valence-electron chi connectivity index (χ0n) is 8.16. The van der Waals surface area contributed by atoms with Crippen molar-refractivity contribution in [3.63, 3.8) is 0 Å². The fraction of sp³-hybridized carbons (Fsp3) is 0.400. The number of benzene rings is 1. The first-order chi connectivity index (χ1) is 6.69. The van der Waals surface area contributed by atoms with Gasteiger partial charge in [-0.05, 0) is 25.1 Å². The first-order valence-corrected chi connectivity index (χ1v) is 5.27. The van der Waals surface area contributed by atoms with E-state index in [1.165, 1.54) is 0 Å². The minimum absolute atomic E-state index is 0.0527. The number of nitrogens with two attached hydrogens (primary N) is 2. The lowest BCUT2D eigenvalue weighted by molar-refractivity contribution is 0.404. The molecule has 14 heavy (non-hydrogen) atoms. The third-order valence-electron chi connectivity index (χ3n) is 2.07. The Morgan fingerprint density at radius 2 is 2.21 bits per heavy atom. The summed E-state index contributed by atoms with van der Waals surface area (Å²) >= 11 is 3.38. The third kappa shape index (κ3) is 2.70. The average Bonchev–Trinajstić information content (AvgIpc) is 2.17. The molecule has 0 radical (unpaired) electrons. The molecule has 0 fully saturated rings. The highest BCUT2D eigenvalue weighted by Crippen LogP contribution is 2.28. The first kappa shape index (κ1) is 11.5. The van der Waals surface area contributed by atoms with Crippen LogP contribution >= 0.6 is 15.9 Å². The number of halogens is 1. The van der Waals surface area contributed by atoms with E-state index in [4.69, 9.17) is 16.2 Å². The van der Waals surface area contributed by atoms with Crippen LogP contribution in [0.5, 0.6) is 5.75 Å². The van der Waals surface area contributed by atoms with Crippen molar-refractivity contribution in [3.05, 3.63) is 28.2 Å². The molecule has 0 heterocycles. The van der Waals surface area contributed by atoms with E-state index in [1.54, 1.807) is 7.11 Å². The second kappa shape index (κ2) is 5.34. The molecule has 4 heteroatoms. The fourth-order valence-electron chi connectivity index (χ4n) is 1.33. The summed E-state index contributed by atoms with van der Waals surface area (Å²) < 4.78 is 6.23. The van der Waals surface area contributed by atoms with E-state index in [2.05, 4.69) is 15.9 Å². The van der Waals surface area contributed by atoms with Gasteiger partial charge in [-0.1, -0.05) is 22.0 Å². The molecule has 1 aromatic rings. The summed E-state index contributed by atoms with van der Waals surface area (Å²) in [5, 5.41) is 0. The maximum atomic E-state index is 5.96. The molecule has 78 valence electrons. The molecule has 0 saturated heterocycles. The van der Waals surface area contributed by atoms with Crippen LogP contribution in [-0.2, 0) is 0 Å². The number of rotatable bonds is 4. The Balaban J connectivity index is 2.95. The van der Waals surface area contributed by atoms with Crippen molar-refractivity contribution in [3.8, 4) is 5.75 Å². The molecule has 0 unspecified atom stereocenters. The molecule has 0 aliphatic heterocycles. The monoisotopic (exact) mass is 258 g/mol. The van der Waals surface area contributed by atoms with Gasteiger partial charge in [0.1, 0.15) is 5.75 Å². The number of methoxy groups -OCH3 is 1. The van der Waals surface area contributed by atoms with Crippen LogP contribution < -0.4 is 16.2 Å². The highest BCUT2D eigenvalue weighted by atomic mass is 79.9. The van der Waals surface area contributed by atoms with Crippen molar-refractivity contribution in [1.29, 1.82) is 0 Å². The molecular weight excluding hydrogens is 244 g/mol. The van der Waals surface area contributed by atoms with Gasteiger partial charge in [0.2, 0.25) is 0 Å². The maximum absolute atomic E-state index is 5.96. The smallest absolute Gasteiger partial charge is 0.124 e. The van der Waals surface area contributed by atoms with Crippen LogP contribution in [0.25, 0.3) is 0 Å². The van der Waals surface area contributed by atoms with Crippen molar-refractivity contribution in [2.24, 2.45) is 11.5 Å². The lowest BCUT2D eigenvalue weighted by atomic mass is 10.0. The Kier molecular flexibility index (Phi) is 4.38. The fourth-order valence-corrected chi connectivity index (χ4v) is 1.67. The van der Waals surface area contributed by atoms with E-state index in [1.807, 2.05) is 18.2 Å². The van der Waals surface area contributed by atoms with E-state index in [-0.39, 0.29) is 6.04 Å². The topological polar surface area (TPSA) is 61.3 Å². The van der Waals surface area contributed by atoms with E-state index in [0.29, 0.717) is 6.54 Å². The van der Waals surface area contributed by atoms with Crippen LogP contribution in [0.1, 0.15) is 18.0 Å². The van der Waals surface area contributed by atoms with Gasteiger partial charge in [-0.3, -0.25) is 0 Å². The molecule has 0 bridgehead atoms. The molecule has 3 nitrogen and oxygen atoms in total. The van der Waals surface area contributed by atoms with Crippen molar-refractivity contribution < 1.29 is 4.74 Å². The SMILES string of the molecule is COc1cc(Br)ccc1[C@@H](N)CCN. The molecule has 0 spiro atoms. The Morgan fingerprint density at radius 3 is 2.79 bits per heavy atom. The highest BCUT2D eigenvalue weighted by Gasteiger charge is 2.10. The molecule has 0 amide bonds. The van der Waals surface area contributed by atoms with Crippen LogP contribution in [0, 0.1) is 0 Å². The van der Waals surface area contributed by atoms with Crippen LogP contribution in [0.4, 0.5) is 0 Å². The third-order valence-corrected chi connectivity index (χ3v) is 2.57. The van der Waals surface area contributed by atoms with Crippen LogP contribution in [0.15, 0.2) is 22.7 Å². The van der Waals surface area contributed by atoms with Gasteiger partial charge in [0, 0.05) is 16.1 Å². The van der Waals surface area contributed by atoms with Gasteiger partial charge in [-0.25, -0.2) is 0 Å². The summed E-state index contributed by atoms with van der Waals surface area (Å²) in [7, 11) is 1.64. The van der Waals surface area contributed by atoms with Gasteiger partial charge in [0.15, 0.2) is 0 Å². The van der Waals surface area contributed by atoms with Crippen molar-refractivity contribution in [2.45, 2.75) is 12.5 Å². The second-order valence-corrected chi connectivity index (χ2v) is 3.99. The minimum Gasteiger partial charge on any atom is -0.496 e. The van der Waals surface area contributed by atoms with E-state index >= 15 is 0 Å². The molecule has 1 atom stereocenters. The van der Waals surface area contributed by atoms with Gasteiger partial charge >= 0.3 is 0 Å². The zero-order valence-corrected chi connectivity index (χ0v) is 9.75. The summed E-state index contributed by atoms with van der Waals surface area (Å²) in [5.74, 6) is 0.806. The van der Waals surface area contributed by atoms with Crippen LogP contribution in [0.3, 0.4) is 0 Å². The predicted octanol–water partition coefficient (Wildman–Crippen LogP) is 1.81. The number of hydrogen-bond donors (Lipinski definition) is 2. The Bertz CT molecular complexity index is 304. The molecule has 1 rings (SSSR count). The standard InChI is InChI=1S/C10H15BrN2O/c1-14-10-6-7(11)2-3-8(10)9(13)4-5-12/h2-3,6,9H,4-5,12-13H2,1H3/t9-/m0/s1. The van der Waals surface area contributed by atoms with Gasteiger partial charge in [0.05, 0.1) is 7.11 Å². The summed E-state index contributed by atoms with van der Waals surface area (Å²) in [6.45, 7) is 0.584. The normalized spacial score (nSPS) is 12.6. The maximum Gasteiger partial charge on any atom is 0.124 e. The Morgan fingerprint density at radius 1 is 1.50 bits per heavy atom. The van der Waals surface area contributed by atoms with E-state index in [9.17, 15) is 0 Å². The van der Waals surface area contributed by atoms with Gasteiger partial charge in [-0.15, -0.1) is 0 Å². The Hall–Kier alpha value is -0.580. The molecule has 1 aromatic carbocycles. The molecule has 0 aromatic heterocycles. The van der Waals surface area contributed by atoms with E-state index < -0.39 is 0 Å². The largest absolute Gasteiger partial charge is 0.496 e. The first-order valence-electron chi connectivity index (χ1n) is 4.48. The summed E-state index contributed by atoms with van der Waals surface area (Å²) in [6, 6.07) is 5.77. The molecular formula is C10H15BrN2O. The molecule has 4 N–H and O–H groups in total. The van der Waals surface area contributed by atoms with Gasteiger partial charge < -0.3 is 16.2 Å². The van der Waals surface area contributed by atoms with Gasteiger partial charge in [-0.2, -0.15) is 0 Å². The molecule has 0 saturated carbocycles. The zero-order chi connectivity index (χ0) is 10.6. The van der Waals surface area contributed by atoms with Crippen molar-refractivity contribution in [1.82, 2.24) is 0 Å². The van der Waals surface area contributed by atoms with E-state index in [0.717, 1.165) is 22.2 Å². The van der Waals surface area contributed by atoms with Crippen molar-refractivity contribution in [2.75, 3.05) is 13.7 Å². The summed E-state index contributed by atoms with van der Waals surface area (Å²) in [5.41, 5.74) is 12.4. The van der Waals surface area contributed by atoms with Crippen LogP contribution in [-0.4, -0.2) is 13.7 Å². The minimum atomic E-state index is -0.0527. The molecule has 0 aliphatic rings. The van der Waals surface area contributed by atoms with Gasteiger partial charge in [0.25, 0.3) is 0 Å². The summed E-state index contributed by atoms with van der Waals surface area (Å²) in [4.78, 5) is 0. The second-order valence-electron chi connectivity index (χ2n) is 3.07. The van der Waals surface area contributed by atoms with Crippen molar-refractivity contribution >= 4 is 15.9 Å². The quantitative estimate of drug-likeness (QED) is 0.866. The highest BCUT2D eigenvalue weighted by molar-refractivity contribution is 9.10. The lowest BCUT2D eigenvalue weighted by Crippen LogP contribution is -2.16. The number of ether oxygens (including phenoxy) is 1. The lowest BCUT2D eigenvalue weighted by Gasteiger charge is -2.14.